The maximum Gasteiger partial charge on any atom is 0.482 e. The first kappa shape index (κ1) is 24.4. The second kappa shape index (κ2) is 8.18. The van der Waals surface area contributed by atoms with Crippen molar-refractivity contribution in [3.8, 4) is 0 Å². The molecule has 4 saturated heterocycles. The number of fused-ring (bicyclic) bond motifs is 4. The molecule has 4 aliphatic heterocycles. The summed E-state index contributed by atoms with van der Waals surface area (Å²) in [6.45, 7) is 10.9. The Kier molecular flexibility index (Phi) is 6.65. The Hall–Kier alpha value is 1.26. The van der Waals surface area contributed by atoms with Gasteiger partial charge in [-0.15, -0.1) is 0 Å². The minimum Gasteiger partial charge on any atom is -0.417 e. The van der Waals surface area contributed by atoms with E-state index in [1.54, 1.807) is 26.2 Å². The fourth-order valence-corrected chi connectivity index (χ4v) is 41.9. The van der Waals surface area contributed by atoms with Crippen LogP contribution in [-0.2, 0) is 45.6 Å². The lowest BCUT2D eigenvalue weighted by Crippen LogP contribution is -2.78. The lowest BCUT2D eigenvalue weighted by Gasteiger charge is -2.53. The van der Waals surface area contributed by atoms with E-state index >= 15 is 0 Å². The second-order valence-electron chi connectivity index (χ2n) is 8.18. The van der Waals surface area contributed by atoms with Crippen LogP contribution in [0.25, 0.3) is 0 Å². The topological polar surface area (TPSA) is 122 Å². The molecule has 0 aliphatic carbocycles. The Balaban J connectivity index is 1.86. The van der Waals surface area contributed by atoms with Gasteiger partial charge in [-0.05, 0) is 13.0 Å². The Morgan fingerprint density at radius 1 is 0.767 bits per heavy atom. The Morgan fingerprint density at radius 3 is 2.07 bits per heavy atom. The summed E-state index contributed by atoms with van der Waals surface area (Å²) in [5.74, 6) is 0. The molecule has 4 aliphatic rings. The van der Waals surface area contributed by atoms with Crippen LogP contribution in [-0.4, -0.2) is 89.8 Å². The third-order valence-corrected chi connectivity index (χ3v) is 35.8. The zero-order valence-electron chi connectivity index (χ0n) is 18.1. The number of aliphatic hydroxyl groups excluding tert-OH is 1. The summed E-state index contributed by atoms with van der Waals surface area (Å²) in [7, 11) is -23.6. The highest BCUT2D eigenvalue weighted by atomic mass is 28.6. The third kappa shape index (κ3) is 5.16. The molecular formula is C10H30O12Si8. The Morgan fingerprint density at radius 2 is 1.33 bits per heavy atom. The van der Waals surface area contributed by atoms with Crippen molar-refractivity contribution < 1.29 is 50.7 Å². The summed E-state index contributed by atoms with van der Waals surface area (Å²) in [5, 5.41) is 9.46. The molecular weight excluding hydrogens is 537 g/mol. The summed E-state index contributed by atoms with van der Waals surface area (Å²) < 4.78 is 70.4. The SMILES string of the molecule is C[SiH]1CO[Si]2(C)O[Si]3(C)O[Si](C)(O1)O[Si]1(C)O[SiH2]O[Si](CCCO)(O2)O[Si](C)(O1)O3. The van der Waals surface area contributed by atoms with Crippen molar-refractivity contribution in [2.75, 3.05) is 12.8 Å². The van der Waals surface area contributed by atoms with Crippen molar-refractivity contribution in [2.45, 2.75) is 51.7 Å². The molecule has 174 valence electrons. The van der Waals surface area contributed by atoms with Gasteiger partial charge >= 0.3 is 52.8 Å². The molecule has 0 saturated carbocycles. The van der Waals surface area contributed by atoms with Gasteiger partial charge in [0.1, 0.15) is 0 Å². The summed E-state index contributed by atoms with van der Waals surface area (Å²) in [6.07, 6.45) is 0.796. The van der Waals surface area contributed by atoms with Crippen molar-refractivity contribution >= 4 is 71.9 Å². The highest BCUT2D eigenvalue weighted by Crippen LogP contribution is 2.41. The van der Waals surface area contributed by atoms with Gasteiger partial charge < -0.3 is 50.7 Å². The molecule has 0 aromatic carbocycles. The van der Waals surface area contributed by atoms with Crippen molar-refractivity contribution in [2.24, 2.45) is 0 Å². The van der Waals surface area contributed by atoms with Gasteiger partial charge in [-0.3, -0.25) is 0 Å². The molecule has 6 bridgehead atoms. The molecule has 4 heterocycles. The van der Waals surface area contributed by atoms with Crippen molar-refractivity contribution in [3.63, 3.8) is 0 Å². The van der Waals surface area contributed by atoms with E-state index < -0.39 is 71.9 Å². The molecule has 0 spiro atoms. The average Bonchev–Trinajstić information content (AvgIpc) is 2.56. The summed E-state index contributed by atoms with van der Waals surface area (Å²) in [5.41, 5.74) is 0. The van der Waals surface area contributed by atoms with Crippen molar-refractivity contribution in [3.05, 3.63) is 0 Å². The van der Waals surface area contributed by atoms with Gasteiger partial charge in [0.25, 0.3) is 10.0 Å². The van der Waals surface area contributed by atoms with E-state index in [9.17, 15) is 5.11 Å². The van der Waals surface area contributed by atoms with Gasteiger partial charge in [0.15, 0.2) is 9.04 Å². The van der Waals surface area contributed by atoms with Gasteiger partial charge in [0.05, 0.1) is 6.23 Å². The second-order valence-corrected chi connectivity index (χ2v) is 30.1. The van der Waals surface area contributed by atoms with Crippen LogP contribution in [0.15, 0.2) is 0 Å². The van der Waals surface area contributed by atoms with Gasteiger partial charge in [0.2, 0.25) is 0 Å². The van der Waals surface area contributed by atoms with E-state index in [-0.39, 0.29) is 6.61 Å². The maximum atomic E-state index is 9.46. The van der Waals surface area contributed by atoms with Gasteiger partial charge in [-0.1, -0.05) is 0 Å². The Bertz CT molecular complexity index is 683. The molecule has 0 aromatic rings. The van der Waals surface area contributed by atoms with Crippen LogP contribution in [0, 0.1) is 0 Å². The molecule has 7 unspecified atom stereocenters. The van der Waals surface area contributed by atoms with E-state index in [1.807, 2.05) is 13.1 Å². The van der Waals surface area contributed by atoms with Crippen LogP contribution in [0.4, 0.5) is 0 Å². The van der Waals surface area contributed by atoms with E-state index in [1.165, 1.54) is 0 Å². The van der Waals surface area contributed by atoms with E-state index in [4.69, 9.17) is 45.6 Å². The van der Waals surface area contributed by atoms with Crippen molar-refractivity contribution in [1.82, 2.24) is 0 Å². The maximum absolute atomic E-state index is 9.46. The average molecular weight is 567 g/mol. The molecule has 0 amide bonds. The fraction of sp³-hybridized carbons (Fsp3) is 1.00. The highest BCUT2D eigenvalue weighted by Gasteiger charge is 2.71. The smallest absolute Gasteiger partial charge is 0.417 e. The van der Waals surface area contributed by atoms with Gasteiger partial charge in [-0.25, -0.2) is 0 Å². The highest BCUT2D eigenvalue weighted by molar-refractivity contribution is 6.96. The predicted octanol–water partition coefficient (Wildman–Crippen LogP) is -0.720. The van der Waals surface area contributed by atoms with Gasteiger partial charge in [-0.2, -0.15) is 0 Å². The lowest BCUT2D eigenvalue weighted by molar-refractivity contribution is 0.0343. The Labute approximate surface area is 186 Å². The molecule has 12 nitrogen and oxygen atoms in total. The van der Waals surface area contributed by atoms with E-state index in [0.717, 1.165) is 0 Å². The number of rotatable bonds is 3. The van der Waals surface area contributed by atoms with Crippen molar-refractivity contribution in [1.29, 1.82) is 0 Å². The van der Waals surface area contributed by atoms with Crippen LogP contribution >= 0.6 is 0 Å². The number of hydrogen-bond acceptors (Lipinski definition) is 12. The molecule has 4 fully saturated rings. The quantitative estimate of drug-likeness (QED) is 0.434. The molecule has 30 heavy (non-hydrogen) atoms. The number of hydrogen-bond donors (Lipinski definition) is 1. The lowest BCUT2D eigenvalue weighted by atomic mass is 10.5. The minimum atomic E-state index is -3.44. The zero-order valence-corrected chi connectivity index (χ0v) is 26.6. The summed E-state index contributed by atoms with van der Waals surface area (Å²) in [6, 6.07) is 0.374. The summed E-state index contributed by atoms with van der Waals surface area (Å²) >= 11 is 0. The minimum absolute atomic E-state index is 0.0277. The first-order valence-corrected chi connectivity index (χ1v) is 26.6. The first-order chi connectivity index (χ1) is 13.8. The molecule has 20 heteroatoms. The largest absolute Gasteiger partial charge is 0.482 e. The third-order valence-electron chi connectivity index (χ3n) is 4.77. The molecule has 1 N–H and O–H groups in total. The van der Waals surface area contributed by atoms with Crippen LogP contribution in [0.3, 0.4) is 0 Å². The van der Waals surface area contributed by atoms with E-state index in [2.05, 4.69) is 0 Å². The van der Waals surface area contributed by atoms with Crippen LogP contribution in [0.1, 0.15) is 6.42 Å². The fourth-order valence-electron chi connectivity index (χ4n) is 4.05. The molecule has 4 rings (SSSR count). The predicted molar refractivity (Wildman–Crippen MR) is 119 cm³/mol. The normalized spacial score (nSPS) is 55.1. The van der Waals surface area contributed by atoms with Crippen LogP contribution < -0.4 is 0 Å². The first-order valence-electron chi connectivity index (χ1n) is 9.93. The molecule has 7 atom stereocenters. The zero-order chi connectivity index (χ0) is 21.9. The standard InChI is InChI=1S/C10H30O12Si8/c1-24-10-12-25(2)16-28(5)19-27(4,15-24)17-26(3)13-23-14-30(21-25,9-7-8-11)22-29(6,18-26)20-28/h11,24H,7-10,23H2,1-6H3. The molecule has 0 aromatic heterocycles. The van der Waals surface area contributed by atoms with Gasteiger partial charge in [0, 0.05) is 45.4 Å². The van der Waals surface area contributed by atoms with Crippen LogP contribution in [0.5, 0.6) is 0 Å². The monoisotopic (exact) mass is 566 g/mol. The molecule has 0 radical (unpaired) electrons. The summed E-state index contributed by atoms with van der Waals surface area (Å²) in [4.78, 5) is 0. The van der Waals surface area contributed by atoms with Crippen LogP contribution in [0.2, 0.25) is 45.3 Å². The van der Waals surface area contributed by atoms with E-state index in [0.29, 0.717) is 18.7 Å². The number of aliphatic hydroxyl groups is 1.